The number of hydrogen-bond donors (Lipinski definition) is 1. The molecule has 5 rings (SSSR count). The highest BCUT2D eigenvalue weighted by atomic mass is 35.5. The van der Waals surface area contributed by atoms with Gasteiger partial charge in [0.15, 0.2) is 5.82 Å². The summed E-state index contributed by atoms with van der Waals surface area (Å²) in [6.07, 6.45) is 0.745. The second-order valence-corrected chi connectivity index (χ2v) is 8.72. The maximum Gasteiger partial charge on any atom is 0.255 e. The lowest BCUT2D eigenvalue weighted by Crippen LogP contribution is -2.35. The second-order valence-electron chi connectivity index (χ2n) is 7.41. The summed E-state index contributed by atoms with van der Waals surface area (Å²) in [4.78, 5) is 28.1. The number of nitrogens with one attached hydrogen (secondary N) is 1. The molecule has 0 amide bonds. The summed E-state index contributed by atoms with van der Waals surface area (Å²) in [5, 5.41) is 3.58. The van der Waals surface area contributed by atoms with E-state index in [4.69, 9.17) is 16.6 Å². The summed E-state index contributed by atoms with van der Waals surface area (Å²) in [5.41, 5.74) is 4.63. The Kier molecular flexibility index (Phi) is 4.70. The van der Waals surface area contributed by atoms with Crippen LogP contribution in [0.2, 0.25) is 5.15 Å². The molecule has 0 saturated heterocycles. The molecular formula is C22H19ClN4OS. The minimum Gasteiger partial charge on any atom is -0.306 e. The van der Waals surface area contributed by atoms with Gasteiger partial charge in [-0.05, 0) is 36.1 Å². The fourth-order valence-electron chi connectivity index (χ4n) is 3.80. The molecule has 0 fully saturated rings. The monoisotopic (exact) mass is 422 g/mol. The molecule has 1 aliphatic heterocycles. The molecule has 4 heterocycles. The Bertz CT molecular complexity index is 1270. The summed E-state index contributed by atoms with van der Waals surface area (Å²) < 4.78 is 0. The molecular weight excluding hydrogens is 404 g/mol. The SMILES string of the molecule is Cc1ccc2cc(CN3CCc4nc(-c5cccs5)[nH]c(=O)c4C3)c(Cl)nc2c1. The van der Waals surface area contributed by atoms with Crippen LogP contribution in [0.5, 0.6) is 0 Å². The summed E-state index contributed by atoms with van der Waals surface area (Å²) in [6, 6.07) is 12.2. The van der Waals surface area contributed by atoms with Gasteiger partial charge in [0.05, 0.1) is 21.7 Å². The average molecular weight is 423 g/mol. The molecule has 1 N–H and O–H groups in total. The molecule has 0 aliphatic carbocycles. The Labute approximate surface area is 177 Å². The van der Waals surface area contributed by atoms with E-state index in [1.165, 1.54) is 0 Å². The van der Waals surface area contributed by atoms with Crippen LogP contribution in [0.3, 0.4) is 0 Å². The molecule has 1 aromatic carbocycles. The second kappa shape index (κ2) is 7.37. The molecule has 146 valence electrons. The van der Waals surface area contributed by atoms with Crippen molar-refractivity contribution in [2.45, 2.75) is 26.4 Å². The summed E-state index contributed by atoms with van der Waals surface area (Å²) in [6.45, 7) is 4.09. The Morgan fingerprint density at radius 2 is 2.14 bits per heavy atom. The quantitative estimate of drug-likeness (QED) is 0.491. The first-order valence-electron chi connectivity index (χ1n) is 9.51. The third kappa shape index (κ3) is 3.59. The number of rotatable bonds is 3. The van der Waals surface area contributed by atoms with Crippen molar-refractivity contribution in [2.24, 2.45) is 0 Å². The fraction of sp³-hybridized carbons (Fsp3) is 0.227. The molecule has 3 aromatic heterocycles. The van der Waals surface area contributed by atoms with Gasteiger partial charge in [-0.15, -0.1) is 11.3 Å². The average Bonchev–Trinajstić information content (AvgIpc) is 3.24. The predicted molar refractivity (Wildman–Crippen MR) is 117 cm³/mol. The van der Waals surface area contributed by atoms with Crippen LogP contribution in [-0.4, -0.2) is 26.4 Å². The first kappa shape index (κ1) is 18.5. The molecule has 0 unspecified atom stereocenters. The molecule has 0 saturated carbocycles. The van der Waals surface area contributed by atoms with Gasteiger partial charge >= 0.3 is 0 Å². The zero-order valence-electron chi connectivity index (χ0n) is 15.9. The Morgan fingerprint density at radius 3 is 2.97 bits per heavy atom. The van der Waals surface area contributed by atoms with Crippen molar-refractivity contribution in [3.8, 4) is 10.7 Å². The van der Waals surface area contributed by atoms with E-state index in [2.05, 4.69) is 33.1 Å². The summed E-state index contributed by atoms with van der Waals surface area (Å²) in [5.74, 6) is 0.661. The van der Waals surface area contributed by atoms with Gasteiger partial charge in [0, 0.05) is 37.0 Å². The molecule has 4 aromatic rings. The number of nitrogens with zero attached hydrogens (tertiary/aromatic N) is 3. The van der Waals surface area contributed by atoms with Gasteiger partial charge in [0.25, 0.3) is 5.56 Å². The van der Waals surface area contributed by atoms with Crippen LogP contribution in [0, 0.1) is 6.92 Å². The number of pyridine rings is 1. The van der Waals surface area contributed by atoms with Gasteiger partial charge in [-0.2, -0.15) is 0 Å². The zero-order chi connectivity index (χ0) is 20.0. The van der Waals surface area contributed by atoms with Crippen LogP contribution in [-0.2, 0) is 19.5 Å². The van der Waals surface area contributed by atoms with E-state index in [0.717, 1.165) is 51.1 Å². The lowest BCUT2D eigenvalue weighted by molar-refractivity contribution is 0.242. The topological polar surface area (TPSA) is 61.9 Å². The number of benzene rings is 1. The maximum atomic E-state index is 12.7. The van der Waals surface area contributed by atoms with Crippen molar-refractivity contribution in [3.63, 3.8) is 0 Å². The van der Waals surface area contributed by atoms with Gasteiger partial charge < -0.3 is 4.98 Å². The molecule has 0 spiro atoms. The van der Waals surface area contributed by atoms with Gasteiger partial charge in [-0.1, -0.05) is 29.8 Å². The number of aromatic nitrogens is 3. The molecule has 29 heavy (non-hydrogen) atoms. The van der Waals surface area contributed by atoms with E-state index < -0.39 is 0 Å². The smallest absolute Gasteiger partial charge is 0.255 e. The third-order valence-electron chi connectivity index (χ3n) is 5.30. The molecule has 0 radical (unpaired) electrons. The highest BCUT2D eigenvalue weighted by molar-refractivity contribution is 7.13. The maximum absolute atomic E-state index is 12.7. The van der Waals surface area contributed by atoms with Crippen LogP contribution in [0.4, 0.5) is 0 Å². The van der Waals surface area contributed by atoms with Crippen molar-refractivity contribution >= 4 is 33.8 Å². The number of fused-ring (bicyclic) bond motifs is 2. The van der Waals surface area contributed by atoms with Crippen LogP contribution in [0.25, 0.3) is 21.6 Å². The Hall–Kier alpha value is -2.54. The van der Waals surface area contributed by atoms with Crippen molar-refractivity contribution < 1.29 is 0 Å². The van der Waals surface area contributed by atoms with Crippen LogP contribution in [0.15, 0.2) is 46.6 Å². The van der Waals surface area contributed by atoms with E-state index in [-0.39, 0.29) is 5.56 Å². The molecule has 0 atom stereocenters. The first-order valence-corrected chi connectivity index (χ1v) is 10.8. The lowest BCUT2D eigenvalue weighted by atomic mass is 10.1. The van der Waals surface area contributed by atoms with E-state index >= 15 is 0 Å². The Morgan fingerprint density at radius 1 is 1.24 bits per heavy atom. The first-order chi connectivity index (χ1) is 14.1. The van der Waals surface area contributed by atoms with E-state index in [1.54, 1.807) is 11.3 Å². The third-order valence-corrected chi connectivity index (χ3v) is 6.50. The van der Waals surface area contributed by atoms with Crippen molar-refractivity contribution in [3.05, 3.63) is 79.7 Å². The van der Waals surface area contributed by atoms with Crippen LogP contribution < -0.4 is 5.56 Å². The normalized spacial score (nSPS) is 14.3. The van der Waals surface area contributed by atoms with Gasteiger partial charge in [-0.25, -0.2) is 9.97 Å². The number of aryl methyl sites for hydroxylation is 1. The Balaban J connectivity index is 1.41. The van der Waals surface area contributed by atoms with Gasteiger partial charge in [0.2, 0.25) is 0 Å². The summed E-state index contributed by atoms with van der Waals surface area (Å²) >= 11 is 8.04. The number of halogens is 1. The van der Waals surface area contributed by atoms with E-state index in [9.17, 15) is 4.79 Å². The zero-order valence-corrected chi connectivity index (χ0v) is 17.5. The molecule has 7 heteroatoms. The highest BCUT2D eigenvalue weighted by Gasteiger charge is 2.22. The van der Waals surface area contributed by atoms with Crippen molar-refractivity contribution in [2.75, 3.05) is 6.54 Å². The van der Waals surface area contributed by atoms with Crippen molar-refractivity contribution in [1.29, 1.82) is 0 Å². The number of hydrogen-bond acceptors (Lipinski definition) is 5. The molecule has 1 aliphatic rings. The minimum absolute atomic E-state index is 0.0543. The summed E-state index contributed by atoms with van der Waals surface area (Å²) in [7, 11) is 0. The lowest BCUT2D eigenvalue weighted by Gasteiger charge is -2.28. The minimum atomic E-state index is -0.0543. The van der Waals surface area contributed by atoms with Crippen LogP contribution in [0.1, 0.15) is 22.4 Å². The molecule has 5 nitrogen and oxygen atoms in total. The van der Waals surface area contributed by atoms with E-state index in [1.807, 2.05) is 30.5 Å². The predicted octanol–water partition coefficient (Wildman–Crippen LogP) is 4.57. The van der Waals surface area contributed by atoms with Gasteiger partial charge in [-0.3, -0.25) is 9.69 Å². The number of H-pyrrole nitrogens is 1. The van der Waals surface area contributed by atoms with Gasteiger partial charge in [0.1, 0.15) is 5.15 Å². The number of aromatic amines is 1. The fourth-order valence-corrected chi connectivity index (χ4v) is 4.67. The van der Waals surface area contributed by atoms with Crippen molar-refractivity contribution in [1.82, 2.24) is 19.9 Å². The van der Waals surface area contributed by atoms with E-state index in [0.29, 0.717) is 24.1 Å². The van der Waals surface area contributed by atoms with Crippen LogP contribution >= 0.6 is 22.9 Å². The largest absolute Gasteiger partial charge is 0.306 e. The molecule has 0 bridgehead atoms. The highest BCUT2D eigenvalue weighted by Crippen LogP contribution is 2.26. The number of thiophene rings is 1. The standard InChI is InChI=1S/C22H19ClN4OS/c1-13-4-5-14-10-15(20(23)24-18(14)9-13)11-27-7-6-17-16(12-27)22(28)26-21(25-17)19-3-2-8-29-19/h2-5,8-10H,6-7,11-12H2,1H3,(H,25,26,28).